The fraction of sp³-hybridized carbons (Fsp3) is 0.750. The molecule has 3 aliphatic rings. The van der Waals surface area contributed by atoms with E-state index in [2.05, 4.69) is 28.6 Å². The first-order valence-corrected chi connectivity index (χ1v) is 8.23. The van der Waals surface area contributed by atoms with E-state index in [1.165, 1.54) is 38.5 Å². The lowest BCUT2D eigenvalue weighted by Crippen LogP contribution is -2.25. The summed E-state index contributed by atoms with van der Waals surface area (Å²) in [4.78, 5) is 9.43. The summed E-state index contributed by atoms with van der Waals surface area (Å²) in [6, 6.07) is 2.75. The lowest BCUT2D eigenvalue weighted by molar-refractivity contribution is 0.565. The van der Waals surface area contributed by atoms with Crippen molar-refractivity contribution in [3.63, 3.8) is 0 Å². The normalized spacial score (nSPS) is 22.1. The minimum Gasteiger partial charge on any atom is -0.370 e. The Kier molecular flexibility index (Phi) is 3.04. The van der Waals surface area contributed by atoms with Gasteiger partial charge in [0.25, 0.3) is 0 Å². The van der Waals surface area contributed by atoms with Crippen molar-refractivity contribution in [2.75, 3.05) is 17.2 Å². The van der Waals surface area contributed by atoms with Crippen molar-refractivity contribution in [3.05, 3.63) is 11.9 Å². The molecular formula is C16H24N4. The van der Waals surface area contributed by atoms with Crippen LogP contribution in [0.4, 0.5) is 11.6 Å². The molecule has 0 spiro atoms. The van der Waals surface area contributed by atoms with E-state index in [9.17, 15) is 0 Å². The first-order valence-electron chi connectivity index (χ1n) is 8.23. The fourth-order valence-electron chi connectivity index (χ4n) is 3.04. The molecular weight excluding hydrogens is 248 g/mol. The zero-order valence-electron chi connectivity index (χ0n) is 12.2. The Morgan fingerprint density at radius 3 is 2.25 bits per heavy atom. The number of rotatable bonds is 7. The molecule has 0 unspecified atom stereocenters. The maximum atomic E-state index is 4.78. The molecule has 0 bridgehead atoms. The van der Waals surface area contributed by atoms with Crippen LogP contribution in [0.15, 0.2) is 6.07 Å². The summed E-state index contributed by atoms with van der Waals surface area (Å²) in [6.45, 7) is 3.03. The Bertz CT molecular complexity index is 477. The Morgan fingerprint density at radius 2 is 1.70 bits per heavy atom. The lowest BCUT2D eigenvalue weighted by atomic mass is 10.1. The predicted molar refractivity (Wildman–Crippen MR) is 81.0 cm³/mol. The largest absolute Gasteiger partial charge is 0.370 e. The van der Waals surface area contributed by atoms with Gasteiger partial charge in [-0.15, -0.1) is 0 Å². The number of nitrogens with zero attached hydrogens (tertiary/aromatic N) is 2. The lowest BCUT2D eigenvalue weighted by Gasteiger charge is -2.19. The van der Waals surface area contributed by atoms with Crippen LogP contribution in [-0.2, 0) is 0 Å². The zero-order valence-corrected chi connectivity index (χ0v) is 12.2. The minimum atomic E-state index is 0.606. The third-order valence-electron chi connectivity index (χ3n) is 4.62. The van der Waals surface area contributed by atoms with Crippen LogP contribution in [0.25, 0.3) is 0 Å². The summed E-state index contributed by atoms with van der Waals surface area (Å²) < 4.78 is 0. The topological polar surface area (TPSA) is 49.8 Å². The summed E-state index contributed by atoms with van der Waals surface area (Å²) in [6.07, 6.45) is 8.10. The van der Waals surface area contributed by atoms with Crippen molar-refractivity contribution >= 4 is 11.6 Å². The first kappa shape index (κ1) is 12.4. The van der Waals surface area contributed by atoms with Crippen molar-refractivity contribution in [1.82, 2.24) is 9.97 Å². The quantitative estimate of drug-likeness (QED) is 0.799. The summed E-state index contributed by atoms with van der Waals surface area (Å²) in [5.41, 5.74) is 0. The summed E-state index contributed by atoms with van der Waals surface area (Å²) in [5.74, 6) is 5.46. The van der Waals surface area contributed by atoms with Crippen molar-refractivity contribution in [3.8, 4) is 0 Å². The van der Waals surface area contributed by atoms with Gasteiger partial charge in [0.15, 0.2) is 0 Å². The highest BCUT2D eigenvalue weighted by atomic mass is 15.1. The van der Waals surface area contributed by atoms with Gasteiger partial charge in [0.2, 0.25) is 0 Å². The molecule has 20 heavy (non-hydrogen) atoms. The van der Waals surface area contributed by atoms with Gasteiger partial charge >= 0.3 is 0 Å². The maximum Gasteiger partial charge on any atom is 0.136 e. The van der Waals surface area contributed by atoms with E-state index >= 15 is 0 Å². The van der Waals surface area contributed by atoms with Gasteiger partial charge in [0, 0.05) is 24.6 Å². The second-order valence-corrected chi connectivity index (χ2v) is 6.65. The molecule has 4 rings (SSSR count). The molecule has 0 saturated heterocycles. The number of nitrogens with one attached hydrogen (secondary N) is 2. The number of aromatic nitrogens is 2. The molecule has 2 N–H and O–H groups in total. The Morgan fingerprint density at radius 1 is 1.05 bits per heavy atom. The molecule has 1 heterocycles. The first-order chi connectivity index (χ1) is 9.83. The monoisotopic (exact) mass is 272 g/mol. The van der Waals surface area contributed by atoms with E-state index in [0.717, 1.165) is 35.8 Å². The van der Waals surface area contributed by atoms with E-state index in [1.807, 2.05) is 0 Å². The Balaban J connectivity index is 1.55. The van der Waals surface area contributed by atoms with Gasteiger partial charge in [-0.2, -0.15) is 0 Å². The molecule has 1 aromatic heterocycles. The van der Waals surface area contributed by atoms with E-state index in [4.69, 9.17) is 4.98 Å². The number of hydrogen-bond donors (Lipinski definition) is 2. The van der Waals surface area contributed by atoms with Crippen LogP contribution in [0.5, 0.6) is 0 Å². The maximum absolute atomic E-state index is 4.78. The molecule has 4 nitrogen and oxygen atoms in total. The molecule has 3 aliphatic carbocycles. The standard InChI is InChI=1S/C16H24N4/c1-2-17-13-9-14(20-16(19-13)12-7-8-12)18-15(10-3-4-10)11-5-6-11/h9-12,15H,2-8H2,1H3,(H2,17,18,19,20). The highest BCUT2D eigenvalue weighted by Crippen LogP contribution is 2.46. The third kappa shape index (κ3) is 2.74. The molecule has 0 amide bonds. The van der Waals surface area contributed by atoms with Crippen LogP contribution in [0.3, 0.4) is 0 Å². The molecule has 0 aliphatic heterocycles. The van der Waals surface area contributed by atoms with E-state index < -0.39 is 0 Å². The van der Waals surface area contributed by atoms with Crippen molar-refractivity contribution in [2.24, 2.45) is 11.8 Å². The Labute approximate surface area is 120 Å². The van der Waals surface area contributed by atoms with Crippen LogP contribution in [0.1, 0.15) is 57.2 Å². The van der Waals surface area contributed by atoms with Gasteiger partial charge in [0.05, 0.1) is 0 Å². The predicted octanol–water partition coefficient (Wildman–Crippen LogP) is 3.39. The second-order valence-electron chi connectivity index (χ2n) is 6.65. The van der Waals surface area contributed by atoms with Gasteiger partial charge in [0.1, 0.15) is 17.5 Å². The van der Waals surface area contributed by atoms with Gasteiger partial charge in [-0.1, -0.05) is 0 Å². The molecule has 4 heteroatoms. The Hall–Kier alpha value is -1.32. The molecule has 3 fully saturated rings. The van der Waals surface area contributed by atoms with Crippen LogP contribution in [0, 0.1) is 11.8 Å². The second kappa shape index (κ2) is 4.90. The highest BCUT2D eigenvalue weighted by molar-refractivity contribution is 5.49. The average molecular weight is 272 g/mol. The zero-order chi connectivity index (χ0) is 13.5. The molecule has 1 aromatic rings. The van der Waals surface area contributed by atoms with Crippen molar-refractivity contribution in [1.29, 1.82) is 0 Å². The van der Waals surface area contributed by atoms with Crippen LogP contribution in [0.2, 0.25) is 0 Å². The minimum absolute atomic E-state index is 0.606. The summed E-state index contributed by atoms with van der Waals surface area (Å²) >= 11 is 0. The third-order valence-corrected chi connectivity index (χ3v) is 4.62. The molecule has 0 atom stereocenters. The van der Waals surface area contributed by atoms with Crippen molar-refractivity contribution < 1.29 is 0 Å². The summed E-state index contributed by atoms with van der Waals surface area (Å²) in [7, 11) is 0. The van der Waals surface area contributed by atoms with E-state index in [-0.39, 0.29) is 0 Å². The van der Waals surface area contributed by atoms with Gasteiger partial charge in [-0.3, -0.25) is 0 Å². The fourth-order valence-corrected chi connectivity index (χ4v) is 3.04. The van der Waals surface area contributed by atoms with Crippen LogP contribution in [-0.4, -0.2) is 22.6 Å². The van der Waals surface area contributed by atoms with Crippen LogP contribution >= 0.6 is 0 Å². The molecule has 0 radical (unpaired) electrons. The molecule has 108 valence electrons. The average Bonchev–Trinajstić information content (AvgIpc) is 3.30. The molecule has 0 aromatic carbocycles. The smallest absolute Gasteiger partial charge is 0.136 e. The highest BCUT2D eigenvalue weighted by Gasteiger charge is 2.41. The number of hydrogen-bond acceptors (Lipinski definition) is 4. The van der Waals surface area contributed by atoms with Gasteiger partial charge in [-0.05, 0) is 57.3 Å². The summed E-state index contributed by atoms with van der Waals surface area (Å²) in [5, 5.41) is 7.08. The van der Waals surface area contributed by atoms with Crippen molar-refractivity contribution in [2.45, 2.75) is 57.4 Å². The SMILES string of the molecule is CCNc1cc(NC(C2CC2)C2CC2)nc(C2CC2)n1. The number of anilines is 2. The van der Waals surface area contributed by atoms with Crippen LogP contribution < -0.4 is 10.6 Å². The molecule has 3 saturated carbocycles. The van der Waals surface area contributed by atoms with Gasteiger partial charge in [-0.25, -0.2) is 9.97 Å². The van der Waals surface area contributed by atoms with E-state index in [0.29, 0.717) is 12.0 Å². The van der Waals surface area contributed by atoms with Gasteiger partial charge < -0.3 is 10.6 Å². The van der Waals surface area contributed by atoms with E-state index in [1.54, 1.807) is 0 Å².